The summed E-state index contributed by atoms with van der Waals surface area (Å²) in [4.78, 5) is 0. The van der Waals surface area contributed by atoms with E-state index in [1.165, 1.54) is 11.1 Å². The van der Waals surface area contributed by atoms with Gasteiger partial charge >= 0.3 is 0 Å². The molecule has 1 aliphatic heterocycles. The van der Waals surface area contributed by atoms with Crippen LogP contribution in [0.15, 0.2) is 54.6 Å². The van der Waals surface area contributed by atoms with Crippen molar-refractivity contribution < 1.29 is 5.11 Å². The molecule has 1 heterocycles. The van der Waals surface area contributed by atoms with Crippen molar-refractivity contribution in [1.82, 2.24) is 0 Å². The van der Waals surface area contributed by atoms with E-state index in [0.717, 1.165) is 18.7 Å². The van der Waals surface area contributed by atoms with E-state index in [1.807, 2.05) is 24.3 Å². The molecule has 2 aromatic carbocycles. The summed E-state index contributed by atoms with van der Waals surface area (Å²) in [7, 11) is 0. The van der Waals surface area contributed by atoms with Gasteiger partial charge in [0.1, 0.15) is 5.75 Å². The van der Waals surface area contributed by atoms with Crippen molar-refractivity contribution in [3.05, 3.63) is 65.7 Å². The standard InChI is InChI=1S/C17H17NO/c19-16-8-4-7-15-11-14(12-18-17(15)16)10-9-13-5-2-1-3-6-13/h1-10,14,18-19H,11-12H2. The fraction of sp³-hybridized carbons (Fsp3) is 0.176. The number of benzene rings is 2. The Bertz CT molecular complexity index is 589. The zero-order valence-electron chi connectivity index (χ0n) is 10.7. The Kier molecular flexibility index (Phi) is 3.23. The van der Waals surface area contributed by atoms with E-state index < -0.39 is 0 Å². The molecule has 1 unspecified atom stereocenters. The first kappa shape index (κ1) is 11.8. The van der Waals surface area contributed by atoms with Gasteiger partial charge in [-0.1, -0.05) is 54.6 Å². The van der Waals surface area contributed by atoms with Crippen LogP contribution in [-0.4, -0.2) is 11.7 Å². The molecule has 0 amide bonds. The second-order valence-electron chi connectivity index (χ2n) is 4.93. The highest BCUT2D eigenvalue weighted by atomic mass is 16.3. The Balaban J connectivity index is 1.74. The number of hydrogen-bond acceptors (Lipinski definition) is 2. The van der Waals surface area contributed by atoms with E-state index in [4.69, 9.17) is 0 Å². The highest BCUT2D eigenvalue weighted by Gasteiger charge is 2.17. The van der Waals surface area contributed by atoms with Gasteiger partial charge in [0.05, 0.1) is 5.69 Å². The molecule has 1 atom stereocenters. The molecule has 2 N–H and O–H groups in total. The van der Waals surface area contributed by atoms with Crippen molar-refractivity contribution in [3.8, 4) is 5.75 Å². The molecule has 0 saturated heterocycles. The first-order valence-corrected chi connectivity index (χ1v) is 6.61. The Morgan fingerprint density at radius 1 is 1.05 bits per heavy atom. The van der Waals surface area contributed by atoms with Crippen LogP contribution in [0, 0.1) is 5.92 Å². The average molecular weight is 251 g/mol. The van der Waals surface area contributed by atoms with Crippen molar-refractivity contribution in [2.45, 2.75) is 6.42 Å². The summed E-state index contributed by atoms with van der Waals surface area (Å²) in [6.45, 7) is 0.869. The molecular formula is C17H17NO. The highest BCUT2D eigenvalue weighted by Crippen LogP contribution is 2.32. The van der Waals surface area contributed by atoms with Gasteiger partial charge in [-0.2, -0.15) is 0 Å². The summed E-state index contributed by atoms with van der Waals surface area (Å²) in [6, 6.07) is 16.0. The number of hydrogen-bond donors (Lipinski definition) is 2. The van der Waals surface area contributed by atoms with E-state index in [1.54, 1.807) is 6.07 Å². The number of anilines is 1. The van der Waals surface area contributed by atoms with Gasteiger partial charge < -0.3 is 10.4 Å². The molecule has 96 valence electrons. The monoisotopic (exact) mass is 251 g/mol. The van der Waals surface area contributed by atoms with Crippen molar-refractivity contribution in [2.75, 3.05) is 11.9 Å². The van der Waals surface area contributed by atoms with Crippen LogP contribution < -0.4 is 5.32 Å². The Morgan fingerprint density at radius 2 is 1.89 bits per heavy atom. The first-order valence-electron chi connectivity index (χ1n) is 6.61. The maximum absolute atomic E-state index is 9.77. The molecule has 3 rings (SSSR count). The van der Waals surface area contributed by atoms with E-state index in [2.05, 4.69) is 35.7 Å². The largest absolute Gasteiger partial charge is 0.506 e. The fourth-order valence-electron chi connectivity index (χ4n) is 2.50. The topological polar surface area (TPSA) is 32.3 Å². The zero-order valence-corrected chi connectivity index (χ0v) is 10.7. The van der Waals surface area contributed by atoms with Crippen molar-refractivity contribution in [3.63, 3.8) is 0 Å². The van der Waals surface area contributed by atoms with Gasteiger partial charge in [-0.25, -0.2) is 0 Å². The maximum atomic E-state index is 9.77. The number of para-hydroxylation sites is 1. The van der Waals surface area contributed by atoms with Gasteiger partial charge in [0.2, 0.25) is 0 Å². The third-order valence-corrected chi connectivity index (χ3v) is 3.51. The van der Waals surface area contributed by atoms with Crippen molar-refractivity contribution in [2.24, 2.45) is 5.92 Å². The number of nitrogens with one attached hydrogen (secondary N) is 1. The molecule has 0 bridgehead atoms. The number of phenolic OH excluding ortho intramolecular Hbond substituents is 1. The number of aromatic hydroxyl groups is 1. The summed E-state index contributed by atoms with van der Waals surface area (Å²) in [5.41, 5.74) is 3.31. The predicted molar refractivity (Wildman–Crippen MR) is 79.3 cm³/mol. The minimum atomic E-state index is 0.350. The molecule has 0 fully saturated rings. The Morgan fingerprint density at radius 3 is 2.74 bits per heavy atom. The minimum Gasteiger partial charge on any atom is -0.506 e. The maximum Gasteiger partial charge on any atom is 0.138 e. The third kappa shape index (κ3) is 2.63. The average Bonchev–Trinajstić information content (AvgIpc) is 2.46. The lowest BCUT2D eigenvalue weighted by molar-refractivity contribution is 0.474. The second kappa shape index (κ2) is 5.19. The number of fused-ring (bicyclic) bond motifs is 1. The molecule has 19 heavy (non-hydrogen) atoms. The van der Waals surface area contributed by atoms with Crippen LogP contribution in [0.5, 0.6) is 5.75 Å². The zero-order chi connectivity index (χ0) is 13.1. The smallest absolute Gasteiger partial charge is 0.138 e. The minimum absolute atomic E-state index is 0.350. The lowest BCUT2D eigenvalue weighted by Gasteiger charge is -2.24. The van der Waals surface area contributed by atoms with Crippen LogP contribution in [0.3, 0.4) is 0 Å². The number of phenols is 1. The summed E-state index contributed by atoms with van der Waals surface area (Å²) in [5.74, 6) is 0.817. The summed E-state index contributed by atoms with van der Waals surface area (Å²) in [6.07, 6.45) is 5.38. The molecular weight excluding hydrogens is 234 g/mol. The van der Waals surface area contributed by atoms with Gasteiger partial charge in [-0.05, 0) is 29.5 Å². The molecule has 2 aromatic rings. The fourth-order valence-corrected chi connectivity index (χ4v) is 2.50. The normalized spacial score (nSPS) is 18.0. The van der Waals surface area contributed by atoms with Crippen LogP contribution >= 0.6 is 0 Å². The Labute approximate surface area is 113 Å². The Hall–Kier alpha value is -2.22. The summed E-state index contributed by atoms with van der Waals surface area (Å²) in [5, 5.41) is 13.1. The number of rotatable bonds is 2. The van der Waals surface area contributed by atoms with Gasteiger partial charge in [0.15, 0.2) is 0 Å². The van der Waals surface area contributed by atoms with Crippen LogP contribution in [-0.2, 0) is 6.42 Å². The quantitative estimate of drug-likeness (QED) is 0.798. The molecule has 0 spiro atoms. The van der Waals surface area contributed by atoms with Crippen molar-refractivity contribution in [1.29, 1.82) is 0 Å². The summed E-state index contributed by atoms with van der Waals surface area (Å²) >= 11 is 0. The lowest BCUT2D eigenvalue weighted by Crippen LogP contribution is -2.21. The van der Waals surface area contributed by atoms with Gasteiger partial charge in [0.25, 0.3) is 0 Å². The lowest BCUT2D eigenvalue weighted by atomic mass is 9.93. The highest BCUT2D eigenvalue weighted by molar-refractivity contribution is 5.63. The summed E-state index contributed by atoms with van der Waals surface area (Å²) < 4.78 is 0. The van der Waals surface area contributed by atoms with Crippen LogP contribution in [0.4, 0.5) is 5.69 Å². The van der Waals surface area contributed by atoms with Crippen LogP contribution in [0.2, 0.25) is 0 Å². The molecule has 0 aromatic heterocycles. The first-order chi connectivity index (χ1) is 9.33. The predicted octanol–water partition coefficient (Wildman–Crippen LogP) is 3.69. The van der Waals surface area contributed by atoms with Crippen LogP contribution in [0.1, 0.15) is 11.1 Å². The van der Waals surface area contributed by atoms with Gasteiger partial charge in [-0.3, -0.25) is 0 Å². The molecule has 0 aliphatic carbocycles. The molecule has 0 saturated carbocycles. The molecule has 1 aliphatic rings. The molecule has 0 radical (unpaired) electrons. The molecule has 2 nitrogen and oxygen atoms in total. The van der Waals surface area contributed by atoms with E-state index >= 15 is 0 Å². The van der Waals surface area contributed by atoms with E-state index in [9.17, 15) is 5.11 Å². The molecule has 2 heteroatoms. The van der Waals surface area contributed by atoms with E-state index in [0.29, 0.717) is 11.7 Å². The van der Waals surface area contributed by atoms with Gasteiger partial charge in [0, 0.05) is 6.54 Å². The van der Waals surface area contributed by atoms with Crippen LogP contribution in [0.25, 0.3) is 6.08 Å². The second-order valence-corrected chi connectivity index (χ2v) is 4.93. The third-order valence-electron chi connectivity index (χ3n) is 3.51. The SMILES string of the molecule is Oc1cccc2c1NCC(C=Cc1ccccc1)C2. The van der Waals surface area contributed by atoms with Crippen molar-refractivity contribution >= 4 is 11.8 Å². The van der Waals surface area contributed by atoms with E-state index in [-0.39, 0.29) is 0 Å². The van der Waals surface area contributed by atoms with Gasteiger partial charge in [-0.15, -0.1) is 0 Å².